The van der Waals surface area contributed by atoms with Gasteiger partial charge in [0.2, 0.25) is 0 Å². The maximum atomic E-state index is 11.8. The van der Waals surface area contributed by atoms with Gasteiger partial charge in [-0.25, -0.2) is 9.97 Å². The van der Waals surface area contributed by atoms with E-state index in [4.69, 9.17) is 31.7 Å². The van der Waals surface area contributed by atoms with Crippen LogP contribution in [0, 0.1) is 13.8 Å². The Bertz CT molecular complexity index is 1410. The summed E-state index contributed by atoms with van der Waals surface area (Å²) in [6, 6.07) is 1.64. The van der Waals surface area contributed by atoms with Crippen LogP contribution in [0.1, 0.15) is 51.7 Å². The molecule has 1 aliphatic rings. The fourth-order valence-electron chi connectivity index (χ4n) is 4.01. The molecule has 5 rings (SSSR count). The Morgan fingerprint density at radius 2 is 2.14 bits per heavy atom. The number of pyridine rings is 1. The Labute approximate surface area is 205 Å². The first-order chi connectivity index (χ1) is 16.9. The first-order valence-corrected chi connectivity index (χ1v) is 11.3. The van der Waals surface area contributed by atoms with Gasteiger partial charge >= 0.3 is 0 Å². The van der Waals surface area contributed by atoms with Crippen LogP contribution < -0.4 is 15.8 Å². The van der Waals surface area contributed by atoms with Crippen LogP contribution in [0.3, 0.4) is 0 Å². The lowest BCUT2D eigenvalue weighted by molar-refractivity contribution is 0.100. The molecule has 1 fully saturated rings. The van der Waals surface area contributed by atoms with Crippen molar-refractivity contribution >= 4 is 29.0 Å². The number of carbonyl (C=O) groups is 1. The molecule has 0 unspecified atom stereocenters. The summed E-state index contributed by atoms with van der Waals surface area (Å²) in [6.07, 6.45) is 6.69. The normalized spacial score (nSPS) is 13.1. The Kier molecular flexibility index (Phi) is 5.85. The molecule has 1 amide bonds. The van der Waals surface area contributed by atoms with Gasteiger partial charge < -0.3 is 20.3 Å². The van der Waals surface area contributed by atoms with Crippen LogP contribution in [-0.4, -0.2) is 42.9 Å². The summed E-state index contributed by atoms with van der Waals surface area (Å²) in [7, 11) is 1.52. The molecule has 12 heteroatoms. The third-order valence-electron chi connectivity index (χ3n) is 5.97. The van der Waals surface area contributed by atoms with E-state index < -0.39 is 5.91 Å². The lowest BCUT2D eigenvalue weighted by Crippen LogP contribution is -2.14. The highest BCUT2D eigenvalue weighted by molar-refractivity contribution is 6.30. The molecule has 180 valence electrons. The zero-order valence-corrected chi connectivity index (χ0v) is 20.1. The van der Waals surface area contributed by atoms with E-state index in [0.717, 1.165) is 29.7 Å². The first-order valence-electron chi connectivity index (χ1n) is 11.0. The minimum absolute atomic E-state index is 0.229. The molecule has 3 N–H and O–H groups in total. The second-order valence-corrected chi connectivity index (χ2v) is 8.68. The number of aromatic nitrogens is 6. The van der Waals surface area contributed by atoms with Crippen LogP contribution in [0.2, 0.25) is 5.15 Å². The maximum absolute atomic E-state index is 11.8. The van der Waals surface area contributed by atoms with Crippen molar-refractivity contribution in [2.45, 2.75) is 39.2 Å². The molecule has 4 aromatic rings. The molecule has 0 bridgehead atoms. The fraction of sp³-hybridized carbons (Fsp3) is 0.304. The number of nitrogens with one attached hydrogen (secondary N) is 1. The third-order valence-corrected chi connectivity index (χ3v) is 6.27. The Hall–Kier alpha value is -3.99. The summed E-state index contributed by atoms with van der Waals surface area (Å²) >= 11 is 6.24. The smallest absolute Gasteiger partial charge is 0.252 e. The second kappa shape index (κ2) is 8.99. The molecule has 0 saturated heterocycles. The number of nitrogens with zero attached hydrogens (tertiary/aromatic N) is 6. The van der Waals surface area contributed by atoms with Crippen LogP contribution in [0.25, 0.3) is 11.5 Å². The van der Waals surface area contributed by atoms with Crippen molar-refractivity contribution in [3.63, 3.8) is 0 Å². The molecule has 0 spiro atoms. The summed E-state index contributed by atoms with van der Waals surface area (Å²) in [5.74, 6) is 1.63. The highest BCUT2D eigenvalue weighted by Gasteiger charge is 2.32. The van der Waals surface area contributed by atoms with E-state index in [1.165, 1.54) is 13.3 Å². The number of hydrogen-bond donors (Lipinski definition) is 2. The molecule has 0 atom stereocenters. The second-order valence-electron chi connectivity index (χ2n) is 8.32. The van der Waals surface area contributed by atoms with E-state index in [1.807, 2.05) is 18.5 Å². The molecule has 4 heterocycles. The highest BCUT2D eigenvalue weighted by atomic mass is 35.5. The number of anilines is 2. The number of rotatable bonds is 8. The average molecular weight is 495 g/mol. The van der Waals surface area contributed by atoms with Gasteiger partial charge in [-0.15, -0.1) is 0 Å². The van der Waals surface area contributed by atoms with Gasteiger partial charge in [-0.2, -0.15) is 5.10 Å². The predicted octanol–water partition coefficient (Wildman–Crippen LogP) is 3.77. The molecule has 4 aromatic heterocycles. The Morgan fingerprint density at radius 1 is 1.34 bits per heavy atom. The van der Waals surface area contributed by atoms with E-state index >= 15 is 0 Å². The van der Waals surface area contributed by atoms with Gasteiger partial charge in [0.05, 0.1) is 36.7 Å². The number of aryl methyl sites for hydroxylation is 1. The number of primary amides is 1. The van der Waals surface area contributed by atoms with Crippen molar-refractivity contribution in [1.82, 2.24) is 29.9 Å². The number of nitrogens with two attached hydrogens (primary N) is 1. The van der Waals surface area contributed by atoms with Crippen molar-refractivity contribution < 1.29 is 14.1 Å². The molecular formula is C23H23ClN8O3. The summed E-state index contributed by atoms with van der Waals surface area (Å²) < 4.78 is 12.6. The summed E-state index contributed by atoms with van der Waals surface area (Å²) in [6.45, 7) is 4.27. The van der Waals surface area contributed by atoms with Crippen LogP contribution in [-0.2, 0) is 6.54 Å². The van der Waals surface area contributed by atoms with Crippen molar-refractivity contribution in [2.24, 2.45) is 5.73 Å². The van der Waals surface area contributed by atoms with Gasteiger partial charge in [0, 0.05) is 29.6 Å². The number of halogens is 1. The van der Waals surface area contributed by atoms with Crippen molar-refractivity contribution in [1.29, 1.82) is 0 Å². The molecule has 0 aliphatic heterocycles. The largest absolute Gasteiger partial charge is 0.491 e. The zero-order valence-electron chi connectivity index (χ0n) is 19.4. The van der Waals surface area contributed by atoms with Gasteiger partial charge in [-0.1, -0.05) is 16.8 Å². The summed E-state index contributed by atoms with van der Waals surface area (Å²) in [5, 5.41) is 12.2. The average Bonchev–Trinajstić information content (AvgIpc) is 3.56. The standard InChI is InChI=1S/C23H23ClN8O3/c1-11-18(30-32(19(11)13-4-5-13)10-15-12(2)35-31-20(15)24)23-27-9-17(34-3)22(29-23)28-16-6-7-26-8-14(16)21(25)33/h6-9,13H,4-5,10H2,1-3H3,(H2,25,33)(H,26,27,28,29). The molecule has 1 aliphatic carbocycles. The number of hydrogen-bond acceptors (Lipinski definition) is 9. The number of ether oxygens (including phenoxy) is 1. The van der Waals surface area contributed by atoms with E-state index in [2.05, 4.69) is 25.4 Å². The summed E-state index contributed by atoms with van der Waals surface area (Å²) in [4.78, 5) is 25.0. The van der Waals surface area contributed by atoms with Crippen LogP contribution >= 0.6 is 11.6 Å². The van der Waals surface area contributed by atoms with Crippen molar-refractivity contribution in [2.75, 3.05) is 12.4 Å². The van der Waals surface area contributed by atoms with Crippen molar-refractivity contribution in [3.05, 3.63) is 58.0 Å². The van der Waals surface area contributed by atoms with E-state index in [-0.39, 0.29) is 5.56 Å². The lowest BCUT2D eigenvalue weighted by Gasteiger charge is -2.12. The lowest BCUT2D eigenvalue weighted by atomic mass is 10.1. The fourth-order valence-corrected chi connectivity index (χ4v) is 4.24. The SMILES string of the molecule is COc1cnc(-c2nn(Cc3c(Cl)noc3C)c(C3CC3)c2C)nc1Nc1ccncc1C(N)=O. The van der Waals surface area contributed by atoms with Gasteiger partial charge in [0.25, 0.3) is 5.91 Å². The first kappa shape index (κ1) is 22.8. The molecule has 11 nitrogen and oxygen atoms in total. The van der Waals surface area contributed by atoms with Gasteiger partial charge in [0.15, 0.2) is 22.5 Å². The van der Waals surface area contributed by atoms with Crippen LogP contribution in [0.5, 0.6) is 5.75 Å². The van der Waals surface area contributed by atoms with E-state index in [1.54, 1.807) is 18.5 Å². The maximum Gasteiger partial charge on any atom is 0.252 e. The minimum atomic E-state index is -0.611. The quantitative estimate of drug-likeness (QED) is 0.373. The number of carbonyl (C=O) groups excluding carboxylic acids is 1. The summed E-state index contributed by atoms with van der Waals surface area (Å²) in [5.41, 5.74) is 9.73. The van der Waals surface area contributed by atoms with Crippen molar-refractivity contribution in [3.8, 4) is 17.3 Å². The Morgan fingerprint density at radius 3 is 2.80 bits per heavy atom. The zero-order chi connectivity index (χ0) is 24.7. The molecule has 0 aromatic carbocycles. The van der Waals surface area contributed by atoms with Crippen LogP contribution in [0.4, 0.5) is 11.5 Å². The molecule has 1 saturated carbocycles. The highest BCUT2D eigenvalue weighted by Crippen LogP contribution is 2.44. The van der Waals surface area contributed by atoms with E-state index in [0.29, 0.717) is 52.1 Å². The molecule has 0 radical (unpaired) electrons. The predicted molar refractivity (Wildman–Crippen MR) is 128 cm³/mol. The monoisotopic (exact) mass is 494 g/mol. The topological polar surface area (TPSA) is 147 Å². The molecule has 35 heavy (non-hydrogen) atoms. The number of amides is 1. The number of methoxy groups -OCH3 is 1. The van der Waals surface area contributed by atoms with Gasteiger partial charge in [-0.05, 0) is 32.8 Å². The third kappa shape index (κ3) is 4.30. The van der Waals surface area contributed by atoms with Crippen LogP contribution in [0.15, 0.2) is 29.2 Å². The molecular weight excluding hydrogens is 472 g/mol. The van der Waals surface area contributed by atoms with Gasteiger partial charge in [0.1, 0.15) is 11.5 Å². The van der Waals surface area contributed by atoms with Gasteiger partial charge in [-0.3, -0.25) is 14.5 Å². The minimum Gasteiger partial charge on any atom is -0.491 e. The Balaban J connectivity index is 1.56. The van der Waals surface area contributed by atoms with E-state index in [9.17, 15) is 4.79 Å².